The van der Waals surface area contributed by atoms with Gasteiger partial charge in [-0.3, -0.25) is 0 Å². The van der Waals surface area contributed by atoms with Gasteiger partial charge in [-0.25, -0.2) is 13.2 Å². The minimum Gasteiger partial charge on any atom is -0.494 e. The summed E-state index contributed by atoms with van der Waals surface area (Å²) < 4.78 is 43.2. The van der Waals surface area contributed by atoms with E-state index in [1.54, 1.807) is 37.3 Å². The van der Waals surface area contributed by atoms with Crippen LogP contribution in [0.5, 0.6) is 11.5 Å². The van der Waals surface area contributed by atoms with Crippen LogP contribution in [0.15, 0.2) is 50.5 Å². The van der Waals surface area contributed by atoms with Crippen molar-refractivity contribution in [3.05, 3.63) is 52.6 Å². The molecule has 3 rings (SSSR count). The van der Waals surface area contributed by atoms with Crippen LogP contribution in [-0.2, 0) is 10.0 Å². The lowest BCUT2D eigenvalue weighted by Gasteiger charge is -2.31. The fourth-order valence-electron chi connectivity index (χ4n) is 3.05. The number of hydrogen-bond donors (Lipinski definition) is 0. The SMILES string of the molecule is CCOc1ccc(S(=O)(=O)N2CCC(Oc3cc(C)oc(=O)c3)CC2)cc1. The molecule has 0 N–H and O–H groups in total. The van der Waals surface area contributed by atoms with Crippen LogP contribution < -0.4 is 15.1 Å². The van der Waals surface area contributed by atoms with Crippen molar-refractivity contribution in [2.24, 2.45) is 0 Å². The molecule has 0 atom stereocenters. The maximum absolute atomic E-state index is 12.8. The van der Waals surface area contributed by atoms with Crippen LogP contribution in [0.3, 0.4) is 0 Å². The van der Waals surface area contributed by atoms with Crippen LogP contribution in [0, 0.1) is 6.92 Å². The molecule has 1 saturated heterocycles. The third kappa shape index (κ3) is 4.70. The highest BCUT2D eigenvalue weighted by Crippen LogP contribution is 2.25. The lowest BCUT2D eigenvalue weighted by Crippen LogP contribution is -2.41. The van der Waals surface area contributed by atoms with Crippen molar-refractivity contribution >= 4 is 10.0 Å². The Hall–Kier alpha value is -2.32. The molecule has 146 valence electrons. The topological polar surface area (TPSA) is 86.1 Å². The summed E-state index contributed by atoms with van der Waals surface area (Å²) in [7, 11) is -3.55. The highest BCUT2D eigenvalue weighted by Gasteiger charge is 2.30. The van der Waals surface area contributed by atoms with Crippen molar-refractivity contribution in [3.8, 4) is 11.5 Å². The zero-order valence-corrected chi connectivity index (χ0v) is 16.2. The number of hydrogen-bond acceptors (Lipinski definition) is 6. The molecule has 0 amide bonds. The minimum absolute atomic E-state index is 0.141. The highest BCUT2D eigenvalue weighted by molar-refractivity contribution is 7.89. The summed E-state index contributed by atoms with van der Waals surface area (Å²) in [5.74, 6) is 1.58. The van der Waals surface area contributed by atoms with Crippen molar-refractivity contribution in [3.63, 3.8) is 0 Å². The first kappa shape index (κ1) is 19.4. The molecule has 1 aromatic carbocycles. The van der Waals surface area contributed by atoms with Gasteiger partial charge in [0.05, 0.1) is 17.6 Å². The third-order valence-electron chi connectivity index (χ3n) is 4.34. The summed E-state index contributed by atoms with van der Waals surface area (Å²) in [6, 6.07) is 9.41. The van der Waals surface area contributed by atoms with E-state index >= 15 is 0 Å². The first-order valence-electron chi connectivity index (χ1n) is 8.90. The molecular formula is C19H23NO6S. The molecule has 0 saturated carbocycles. The van der Waals surface area contributed by atoms with E-state index in [2.05, 4.69) is 0 Å². The van der Waals surface area contributed by atoms with E-state index in [0.717, 1.165) is 0 Å². The Kier molecular flexibility index (Phi) is 5.86. The average Bonchev–Trinajstić information content (AvgIpc) is 2.62. The van der Waals surface area contributed by atoms with Crippen LogP contribution in [0.2, 0.25) is 0 Å². The largest absolute Gasteiger partial charge is 0.494 e. The Labute approximate surface area is 158 Å². The molecule has 1 fully saturated rings. The molecule has 0 unspecified atom stereocenters. The van der Waals surface area contributed by atoms with Crippen molar-refractivity contribution in [1.82, 2.24) is 4.31 Å². The Morgan fingerprint density at radius 3 is 2.37 bits per heavy atom. The van der Waals surface area contributed by atoms with E-state index in [4.69, 9.17) is 13.9 Å². The van der Waals surface area contributed by atoms with Crippen molar-refractivity contribution < 1.29 is 22.3 Å². The molecule has 1 aliphatic rings. The zero-order valence-electron chi connectivity index (χ0n) is 15.4. The van der Waals surface area contributed by atoms with E-state index in [9.17, 15) is 13.2 Å². The standard InChI is InChI=1S/C19H23NO6S/c1-3-24-15-4-6-18(7-5-15)27(22,23)20-10-8-16(9-11-20)26-17-12-14(2)25-19(21)13-17/h4-7,12-13,16H,3,8-11H2,1-2H3. The maximum atomic E-state index is 12.8. The fraction of sp³-hybridized carbons (Fsp3) is 0.421. The molecule has 27 heavy (non-hydrogen) atoms. The first-order valence-corrected chi connectivity index (χ1v) is 10.3. The maximum Gasteiger partial charge on any atom is 0.339 e. The molecule has 0 aliphatic carbocycles. The second kappa shape index (κ2) is 8.14. The number of piperidine rings is 1. The van der Waals surface area contributed by atoms with Gasteiger partial charge in [-0.2, -0.15) is 4.31 Å². The second-order valence-electron chi connectivity index (χ2n) is 6.35. The van der Waals surface area contributed by atoms with Gasteiger partial charge in [0.1, 0.15) is 23.4 Å². The van der Waals surface area contributed by atoms with Gasteiger partial charge in [-0.1, -0.05) is 0 Å². The van der Waals surface area contributed by atoms with Gasteiger partial charge in [-0.05, 0) is 51.0 Å². The zero-order chi connectivity index (χ0) is 19.4. The molecule has 1 aromatic heterocycles. The molecule has 0 bridgehead atoms. The Morgan fingerprint density at radius 1 is 1.11 bits per heavy atom. The molecule has 1 aliphatic heterocycles. The number of benzene rings is 1. The van der Waals surface area contributed by atoms with E-state index in [0.29, 0.717) is 49.8 Å². The van der Waals surface area contributed by atoms with Crippen LogP contribution in [0.1, 0.15) is 25.5 Å². The van der Waals surface area contributed by atoms with Crippen LogP contribution in [-0.4, -0.2) is 38.5 Å². The summed E-state index contributed by atoms with van der Waals surface area (Å²) in [4.78, 5) is 11.7. The van der Waals surface area contributed by atoms with Crippen molar-refractivity contribution in [2.45, 2.75) is 37.7 Å². The van der Waals surface area contributed by atoms with Gasteiger partial charge in [0.15, 0.2) is 0 Å². The van der Waals surface area contributed by atoms with Gasteiger partial charge in [0, 0.05) is 19.2 Å². The van der Waals surface area contributed by atoms with Gasteiger partial charge in [0.2, 0.25) is 10.0 Å². The number of rotatable bonds is 6. The minimum atomic E-state index is -3.55. The smallest absolute Gasteiger partial charge is 0.339 e. The molecule has 2 heterocycles. The number of aryl methyl sites for hydroxylation is 1. The Balaban J connectivity index is 1.63. The van der Waals surface area contributed by atoms with Crippen LogP contribution in [0.25, 0.3) is 0 Å². The quantitative estimate of drug-likeness (QED) is 0.750. The monoisotopic (exact) mass is 393 g/mol. The Bertz CT molecular complexity index is 927. The van der Waals surface area contributed by atoms with E-state index in [1.807, 2.05) is 6.92 Å². The molecule has 8 heteroatoms. The van der Waals surface area contributed by atoms with Gasteiger partial charge in [-0.15, -0.1) is 0 Å². The molecule has 2 aromatic rings. The summed E-state index contributed by atoms with van der Waals surface area (Å²) in [6.45, 7) is 4.81. The normalized spacial score (nSPS) is 16.2. The lowest BCUT2D eigenvalue weighted by atomic mass is 10.1. The van der Waals surface area contributed by atoms with Crippen molar-refractivity contribution in [1.29, 1.82) is 0 Å². The Morgan fingerprint density at radius 2 is 1.78 bits per heavy atom. The molecular weight excluding hydrogens is 370 g/mol. The van der Waals surface area contributed by atoms with E-state index in [1.165, 1.54) is 10.4 Å². The summed E-state index contributed by atoms with van der Waals surface area (Å²) in [5.41, 5.74) is -0.458. The first-order chi connectivity index (χ1) is 12.9. The van der Waals surface area contributed by atoms with Crippen LogP contribution >= 0.6 is 0 Å². The van der Waals surface area contributed by atoms with E-state index < -0.39 is 15.6 Å². The second-order valence-corrected chi connectivity index (χ2v) is 8.29. The number of nitrogens with zero attached hydrogens (tertiary/aromatic N) is 1. The van der Waals surface area contributed by atoms with E-state index in [-0.39, 0.29) is 11.0 Å². The average molecular weight is 393 g/mol. The van der Waals surface area contributed by atoms with Crippen molar-refractivity contribution in [2.75, 3.05) is 19.7 Å². The van der Waals surface area contributed by atoms with Crippen LogP contribution in [0.4, 0.5) is 0 Å². The van der Waals surface area contributed by atoms with Gasteiger partial charge in [0.25, 0.3) is 0 Å². The summed E-state index contributed by atoms with van der Waals surface area (Å²) in [5, 5.41) is 0. The van der Waals surface area contributed by atoms with Gasteiger partial charge >= 0.3 is 5.63 Å². The lowest BCUT2D eigenvalue weighted by molar-refractivity contribution is 0.134. The molecule has 0 radical (unpaired) electrons. The number of ether oxygens (including phenoxy) is 2. The fourth-order valence-corrected chi connectivity index (χ4v) is 4.52. The predicted molar refractivity (Wildman–Crippen MR) is 99.7 cm³/mol. The third-order valence-corrected chi connectivity index (χ3v) is 6.26. The molecule has 7 nitrogen and oxygen atoms in total. The van der Waals surface area contributed by atoms with Gasteiger partial charge < -0.3 is 13.9 Å². The predicted octanol–water partition coefficient (Wildman–Crippen LogP) is 2.58. The molecule has 0 spiro atoms. The summed E-state index contributed by atoms with van der Waals surface area (Å²) >= 11 is 0. The summed E-state index contributed by atoms with van der Waals surface area (Å²) in [6.07, 6.45) is 0.961. The highest BCUT2D eigenvalue weighted by atomic mass is 32.2. The number of sulfonamides is 1.